The highest BCUT2D eigenvalue weighted by Gasteiger charge is 2.46. The largest absolute Gasteiger partial charge is 0.391 e. The minimum absolute atomic E-state index is 0.0851. The van der Waals surface area contributed by atoms with Gasteiger partial charge in [0.15, 0.2) is 0 Å². The van der Waals surface area contributed by atoms with Crippen LogP contribution in [-0.2, 0) is 4.74 Å². The predicted molar refractivity (Wildman–Crippen MR) is 83.0 cm³/mol. The maximum Gasteiger partial charge on any atom is 0.0985 e. The second-order valence-corrected chi connectivity index (χ2v) is 8.16. The zero-order chi connectivity index (χ0) is 12.4. The lowest BCUT2D eigenvalue weighted by molar-refractivity contribution is 0.154. The second kappa shape index (κ2) is 6.83. The van der Waals surface area contributed by atoms with Crippen molar-refractivity contribution in [3.05, 3.63) is 0 Å². The molecule has 0 aromatic rings. The van der Waals surface area contributed by atoms with Gasteiger partial charge in [-0.15, -0.1) is 0 Å². The molecular weight excluding hydrogens is 292 g/mol. The van der Waals surface area contributed by atoms with E-state index < -0.39 is 0 Å². The Hall–Kier alpha value is 1.56. The van der Waals surface area contributed by atoms with Gasteiger partial charge < -0.3 is 9.84 Å². The first-order valence-electron chi connectivity index (χ1n) is 5.90. The maximum atomic E-state index is 9.25. The number of fused-ring (bicyclic) bond motifs is 1. The molecule has 1 N–H and O–H groups in total. The van der Waals surface area contributed by atoms with Crippen LogP contribution >= 0.6 is 34.7 Å². The molecule has 3 fully saturated rings. The topological polar surface area (TPSA) is 39.2 Å². The predicted octanol–water partition coefficient (Wildman–Crippen LogP) is 1.14. The van der Waals surface area contributed by atoms with E-state index in [0.717, 1.165) is 29.9 Å². The van der Waals surface area contributed by atoms with Gasteiger partial charge in [-0.3, -0.25) is 9.34 Å². The van der Waals surface area contributed by atoms with Gasteiger partial charge in [-0.25, -0.2) is 0 Å². The number of morpholine rings is 1. The Morgan fingerprint density at radius 1 is 1.06 bits per heavy atom. The smallest absolute Gasteiger partial charge is 0.0985 e. The van der Waals surface area contributed by atoms with Gasteiger partial charge in [-0.2, -0.15) is 0 Å². The van der Waals surface area contributed by atoms with Gasteiger partial charge in [0.25, 0.3) is 0 Å². The number of β-amino-alcohol motifs (C(OH)–C–C–N with tert-alkyl or cyclic N) is 1. The highest BCUT2D eigenvalue weighted by molar-refractivity contribution is 8.01. The van der Waals surface area contributed by atoms with Crippen LogP contribution in [-0.4, -0.2) is 58.9 Å². The Morgan fingerprint density at radius 3 is 1.88 bits per heavy atom. The first-order chi connectivity index (χ1) is 8.13. The van der Waals surface area contributed by atoms with Crippen LogP contribution in [0.1, 0.15) is 6.92 Å². The summed E-state index contributed by atoms with van der Waals surface area (Å²) in [6.07, 6.45) is 1.14. The number of epoxide rings is 1. The zero-order valence-electron chi connectivity index (χ0n) is 10.0. The number of hydrogen-bond donors (Lipinski definition) is 1. The summed E-state index contributed by atoms with van der Waals surface area (Å²) in [5, 5.41) is 9.25. The monoisotopic (exact) mass is 314 g/mol. The van der Waals surface area contributed by atoms with E-state index in [-0.39, 0.29) is 6.10 Å². The molecule has 8 atom stereocenters. The molecule has 100 valence electrons. The van der Waals surface area contributed by atoms with Crippen LogP contribution in [0, 0.1) is 5.92 Å². The van der Waals surface area contributed by atoms with E-state index >= 15 is 0 Å². The third-order valence-electron chi connectivity index (χ3n) is 3.43. The first kappa shape index (κ1) is 15.0. The van der Waals surface area contributed by atoms with Crippen LogP contribution in [0.3, 0.4) is 0 Å². The van der Waals surface area contributed by atoms with Gasteiger partial charge in [0, 0.05) is 26.2 Å². The van der Waals surface area contributed by atoms with E-state index in [1.54, 1.807) is 0 Å². The lowest BCUT2D eigenvalue weighted by Gasteiger charge is -2.11. The Bertz CT molecular complexity index is 241. The normalized spacial score (nSPS) is 42.4. The number of rotatable bonds is 2. The van der Waals surface area contributed by atoms with E-state index in [2.05, 4.69) is 34.1 Å². The van der Waals surface area contributed by atoms with Crippen molar-refractivity contribution in [2.24, 2.45) is 5.92 Å². The lowest BCUT2D eigenvalue weighted by Crippen LogP contribution is -2.14. The fourth-order valence-corrected chi connectivity index (χ4v) is 4.69. The van der Waals surface area contributed by atoms with Crippen molar-refractivity contribution in [1.82, 2.24) is 9.34 Å². The molecule has 0 bridgehead atoms. The molecule has 8 heteroatoms. The SMILES string of the molecule is C[C@@H]1CN(PP)C[C@H]1O.PPN1CC2OC2C1. The average Bonchev–Trinajstić information content (AvgIpc) is 2.79. The Balaban J connectivity index is 0.000000127. The van der Waals surface area contributed by atoms with Crippen molar-refractivity contribution in [2.45, 2.75) is 25.2 Å². The van der Waals surface area contributed by atoms with Gasteiger partial charge in [0.2, 0.25) is 0 Å². The lowest BCUT2D eigenvalue weighted by atomic mass is 10.1. The summed E-state index contributed by atoms with van der Waals surface area (Å²) >= 11 is 0. The van der Waals surface area contributed by atoms with E-state index in [4.69, 9.17) is 4.74 Å². The van der Waals surface area contributed by atoms with Crippen molar-refractivity contribution in [3.8, 4) is 0 Å². The average molecular weight is 314 g/mol. The quantitative estimate of drug-likeness (QED) is 0.613. The number of aliphatic hydroxyl groups is 1. The molecule has 0 amide bonds. The molecule has 3 saturated heterocycles. The summed E-state index contributed by atoms with van der Waals surface area (Å²) in [6, 6.07) is 0. The minimum atomic E-state index is -0.0851. The number of ether oxygens (including phenoxy) is 1. The van der Waals surface area contributed by atoms with Gasteiger partial charge in [0.1, 0.15) is 0 Å². The van der Waals surface area contributed by atoms with Crippen LogP contribution in [0.2, 0.25) is 0 Å². The number of hydrogen-bond acceptors (Lipinski definition) is 4. The van der Waals surface area contributed by atoms with Crippen LogP contribution in [0.4, 0.5) is 0 Å². The van der Waals surface area contributed by atoms with Crippen LogP contribution in [0.5, 0.6) is 0 Å². The third-order valence-corrected chi connectivity index (χ3v) is 7.08. The molecule has 0 saturated carbocycles. The molecule has 4 nitrogen and oxygen atoms in total. The molecule has 3 rings (SSSR count). The Labute approximate surface area is 111 Å². The van der Waals surface area contributed by atoms with Gasteiger partial charge in [-0.1, -0.05) is 24.8 Å². The molecule has 0 aromatic carbocycles. The summed E-state index contributed by atoms with van der Waals surface area (Å²) < 4.78 is 9.92. The highest BCUT2D eigenvalue weighted by Crippen LogP contribution is 2.39. The van der Waals surface area contributed by atoms with E-state index in [1.807, 2.05) is 0 Å². The number of aliphatic hydroxyl groups excluding tert-OH is 1. The highest BCUT2D eigenvalue weighted by atomic mass is 32.0. The number of nitrogens with zero attached hydrogens (tertiary/aromatic N) is 2. The van der Waals surface area contributed by atoms with Crippen molar-refractivity contribution in [2.75, 3.05) is 26.2 Å². The van der Waals surface area contributed by atoms with Crippen LogP contribution in [0.25, 0.3) is 0 Å². The molecule has 17 heavy (non-hydrogen) atoms. The van der Waals surface area contributed by atoms with Gasteiger partial charge >= 0.3 is 0 Å². The van der Waals surface area contributed by atoms with Crippen molar-refractivity contribution in [3.63, 3.8) is 0 Å². The fourth-order valence-electron chi connectivity index (χ4n) is 2.17. The summed E-state index contributed by atoms with van der Waals surface area (Å²) in [4.78, 5) is 0. The van der Waals surface area contributed by atoms with Crippen molar-refractivity contribution < 1.29 is 9.84 Å². The van der Waals surface area contributed by atoms with E-state index in [1.165, 1.54) is 13.1 Å². The fraction of sp³-hybridized carbons (Fsp3) is 1.00. The third kappa shape index (κ3) is 4.27. The first-order valence-corrected chi connectivity index (χ1v) is 11.4. The molecular formula is C9H22N2O2P4. The molecule has 3 aliphatic rings. The Kier molecular flexibility index (Phi) is 6.01. The van der Waals surface area contributed by atoms with E-state index in [9.17, 15) is 5.11 Å². The summed E-state index contributed by atoms with van der Waals surface area (Å²) in [5.74, 6) is 0.470. The van der Waals surface area contributed by atoms with Crippen LogP contribution < -0.4 is 0 Å². The van der Waals surface area contributed by atoms with Gasteiger partial charge in [0.05, 0.1) is 18.3 Å². The summed E-state index contributed by atoms with van der Waals surface area (Å²) in [7, 11) is 7.13. The Morgan fingerprint density at radius 2 is 1.59 bits per heavy atom. The molecule has 3 aliphatic heterocycles. The second-order valence-electron chi connectivity index (χ2n) is 4.83. The minimum Gasteiger partial charge on any atom is -0.391 e. The van der Waals surface area contributed by atoms with Crippen molar-refractivity contribution in [1.29, 1.82) is 0 Å². The molecule has 0 aliphatic carbocycles. The molecule has 3 heterocycles. The van der Waals surface area contributed by atoms with Crippen LogP contribution in [0.15, 0.2) is 0 Å². The standard InChI is InChI=1S/C5H13NOP2.C4H9NOP2/c1-4-2-6(9-8)3-5(4)7;7-8-5-1-3-4(2-5)6-3/h4-5,7,9H,2-3,8H2,1H3;3-4,8H,1-2,7H2/t4-,5-;/m1./s1. The molecule has 0 radical (unpaired) electrons. The summed E-state index contributed by atoms with van der Waals surface area (Å²) in [5.41, 5.74) is 0. The summed E-state index contributed by atoms with van der Waals surface area (Å²) in [6.45, 7) is 6.36. The zero-order valence-corrected chi connectivity index (χ0v) is 14.4. The molecule has 0 spiro atoms. The van der Waals surface area contributed by atoms with Crippen molar-refractivity contribution >= 4 is 34.7 Å². The molecule has 0 aromatic heterocycles. The molecule has 6 unspecified atom stereocenters. The van der Waals surface area contributed by atoms with Gasteiger partial charge in [-0.05, 0) is 22.8 Å². The maximum absolute atomic E-state index is 9.25. The van der Waals surface area contributed by atoms with E-state index in [0.29, 0.717) is 18.1 Å².